The van der Waals surface area contributed by atoms with Gasteiger partial charge in [-0.05, 0) is 49.2 Å². The fraction of sp³-hybridized carbons (Fsp3) is 0.348. The van der Waals surface area contributed by atoms with Gasteiger partial charge in [-0.3, -0.25) is 4.98 Å². The maximum Gasteiger partial charge on any atom is 0.319 e. The maximum atomic E-state index is 12.2. The molecule has 9 nitrogen and oxygen atoms in total. The number of hydrogen-bond donors (Lipinski definition) is 3. The molecule has 1 aliphatic rings. The molecular formula is C23H26N4O5. The number of rotatable bonds is 7. The Hall–Kier alpha value is -3.43. The number of amides is 2. The van der Waals surface area contributed by atoms with E-state index in [-0.39, 0.29) is 18.7 Å². The molecule has 0 radical (unpaired) electrons. The molecule has 32 heavy (non-hydrogen) atoms. The van der Waals surface area contributed by atoms with Crippen molar-refractivity contribution in [1.29, 1.82) is 0 Å². The monoisotopic (exact) mass is 438 g/mol. The van der Waals surface area contributed by atoms with Gasteiger partial charge in [-0.25, -0.2) is 4.79 Å². The second-order valence-electron chi connectivity index (χ2n) is 7.61. The van der Waals surface area contributed by atoms with E-state index in [1.54, 1.807) is 37.6 Å². The van der Waals surface area contributed by atoms with E-state index < -0.39 is 12.2 Å². The zero-order chi connectivity index (χ0) is 22.3. The highest BCUT2D eigenvalue weighted by Gasteiger charge is 2.31. The Morgan fingerprint density at radius 2 is 2.06 bits per heavy atom. The Balaban J connectivity index is 1.27. The lowest BCUT2D eigenvalue weighted by Gasteiger charge is -2.33. The predicted molar refractivity (Wildman–Crippen MR) is 117 cm³/mol. The standard InChI is InChI=1S/C23H26N4O5/c1-30-17-7-5-15(6-8-17)26-23(29)25-14-22-20(28)10-9-18(31-22)12-16-13-21(32-27-16)19-4-2-3-11-24-19/h2-8,11,13,18,20,22,28H,9-10,12,14H2,1H3,(H2,25,26,29)/t18-,20-,22+/m0/s1. The first-order valence-electron chi connectivity index (χ1n) is 10.5. The summed E-state index contributed by atoms with van der Waals surface area (Å²) in [4.78, 5) is 16.5. The van der Waals surface area contributed by atoms with E-state index in [9.17, 15) is 9.90 Å². The van der Waals surface area contributed by atoms with Crippen LogP contribution < -0.4 is 15.4 Å². The second kappa shape index (κ2) is 10.3. The van der Waals surface area contributed by atoms with Crippen LogP contribution >= 0.6 is 0 Å². The molecule has 0 saturated carbocycles. The van der Waals surface area contributed by atoms with E-state index in [0.717, 1.165) is 11.4 Å². The number of nitrogens with zero attached hydrogens (tertiary/aromatic N) is 2. The van der Waals surface area contributed by atoms with Crippen LogP contribution in [0, 0.1) is 0 Å². The van der Waals surface area contributed by atoms with Gasteiger partial charge in [0.15, 0.2) is 5.76 Å². The Labute approximate surface area is 185 Å². The van der Waals surface area contributed by atoms with Gasteiger partial charge < -0.3 is 29.7 Å². The highest BCUT2D eigenvalue weighted by atomic mass is 16.5. The molecule has 0 bridgehead atoms. The molecular weight excluding hydrogens is 412 g/mol. The summed E-state index contributed by atoms with van der Waals surface area (Å²) in [5, 5.41) is 19.9. The largest absolute Gasteiger partial charge is 0.497 e. The van der Waals surface area contributed by atoms with Crippen molar-refractivity contribution >= 4 is 11.7 Å². The van der Waals surface area contributed by atoms with Crippen molar-refractivity contribution in [3.05, 3.63) is 60.4 Å². The Morgan fingerprint density at radius 3 is 2.81 bits per heavy atom. The van der Waals surface area contributed by atoms with Gasteiger partial charge in [0.2, 0.25) is 0 Å². The number of ether oxygens (including phenoxy) is 2. The molecule has 0 spiro atoms. The van der Waals surface area contributed by atoms with Gasteiger partial charge in [0, 0.05) is 30.9 Å². The van der Waals surface area contributed by atoms with E-state index in [2.05, 4.69) is 20.8 Å². The summed E-state index contributed by atoms with van der Waals surface area (Å²) < 4.78 is 16.5. The molecule has 1 saturated heterocycles. The molecule has 3 aromatic rings. The molecule has 9 heteroatoms. The first kappa shape index (κ1) is 21.8. The summed E-state index contributed by atoms with van der Waals surface area (Å²) in [6.07, 6.45) is 2.26. The molecule has 3 N–H and O–H groups in total. The molecule has 3 heterocycles. The average molecular weight is 438 g/mol. The van der Waals surface area contributed by atoms with Crippen LogP contribution in [0.1, 0.15) is 18.5 Å². The third kappa shape index (κ3) is 5.63. The van der Waals surface area contributed by atoms with Gasteiger partial charge in [0.05, 0.1) is 25.0 Å². The van der Waals surface area contributed by atoms with Crippen LogP contribution in [0.15, 0.2) is 59.3 Å². The summed E-state index contributed by atoms with van der Waals surface area (Å²) in [6.45, 7) is 0.192. The number of hydrogen-bond acceptors (Lipinski definition) is 7. The molecule has 0 aliphatic carbocycles. The lowest BCUT2D eigenvalue weighted by molar-refractivity contribution is -0.113. The number of urea groups is 1. The number of nitrogens with one attached hydrogen (secondary N) is 2. The van der Waals surface area contributed by atoms with Crippen LogP contribution in [0.25, 0.3) is 11.5 Å². The number of carbonyl (C=O) groups excluding carboxylic acids is 1. The predicted octanol–water partition coefficient (Wildman–Crippen LogP) is 3.02. The molecule has 1 aliphatic heterocycles. The first-order chi connectivity index (χ1) is 15.6. The normalized spacial score (nSPS) is 20.5. The van der Waals surface area contributed by atoms with E-state index in [4.69, 9.17) is 14.0 Å². The molecule has 1 fully saturated rings. The number of anilines is 1. The zero-order valence-corrected chi connectivity index (χ0v) is 17.7. The van der Waals surface area contributed by atoms with Gasteiger partial charge in [-0.15, -0.1) is 0 Å². The van der Waals surface area contributed by atoms with Crippen LogP contribution in [-0.2, 0) is 11.2 Å². The lowest BCUT2D eigenvalue weighted by atomic mass is 9.98. The van der Waals surface area contributed by atoms with Crippen LogP contribution in [0.5, 0.6) is 5.75 Å². The van der Waals surface area contributed by atoms with Gasteiger partial charge in [-0.2, -0.15) is 0 Å². The molecule has 1 aromatic carbocycles. The Morgan fingerprint density at radius 1 is 1.22 bits per heavy atom. The molecule has 168 valence electrons. The van der Waals surface area contributed by atoms with E-state index in [0.29, 0.717) is 36.5 Å². The first-order valence-corrected chi connectivity index (χ1v) is 10.5. The summed E-state index contributed by atoms with van der Waals surface area (Å²) in [7, 11) is 1.58. The molecule has 2 amide bonds. The molecule has 2 aromatic heterocycles. The third-order valence-corrected chi connectivity index (χ3v) is 5.31. The summed E-state index contributed by atoms with van der Waals surface area (Å²) in [5.74, 6) is 1.31. The number of pyridine rings is 1. The minimum atomic E-state index is -0.645. The van der Waals surface area contributed by atoms with Crippen molar-refractivity contribution in [2.24, 2.45) is 0 Å². The van der Waals surface area contributed by atoms with Gasteiger partial charge in [0.1, 0.15) is 17.5 Å². The Kier molecular flexibility index (Phi) is 6.98. The second-order valence-corrected chi connectivity index (χ2v) is 7.61. The number of aromatic nitrogens is 2. The summed E-state index contributed by atoms with van der Waals surface area (Å²) in [5.41, 5.74) is 2.12. The molecule has 0 unspecified atom stereocenters. The van der Waals surface area contributed by atoms with Crippen molar-refractivity contribution in [2.75, 3.05) is 19.0 Å². The fourth-order valence-electron chi connectivity index (χ4n) is 3.60. The quantitative estimate of drug-likeness (QED) is 0.519. The van der Waals surface area contributed by atoms with E-state index in [1.807, 2.05) is 24.3 Å². The Bertz CT molecular complexity index is 1010. The highest BCUT2D eigenvalue weighted by molar-refractivity contribution is 5.89. The number of carbonyl (C=O) groups is 1. The van der Waals surface area contributed by atoms with E-state index >= 15 is 0 Å². The zero-order valence-electron chi connectivity index (χ0n) is 17.7. The number of methoxy groups -OCH3 is 1. The van der Waals surface area contributed by atoms with Crippen LogP contribution in [-0.4, -0.2) is 53.2 Å². The minimum absolute atomic E-state index is 0.128. The highest BCUT2D eigenvalue weighted by Crippen LogP contribution is 2.24. The van der Waals surface area contributed by atoms with Gasteiger partial charge in [0.25, 0.3) is 0 Å². The minimum Gasteiger partial charge on any atom is -0.497 e. The average Bonchev–Trinajstić information content (AvgIpc) is 3.29. The van der Waals surface area contributed by atoms with Gasteiger partial charge >= 0.3 is 6.03 Å². The van der Waals surface area contributed by atoms with E-state index in [1.165, 1.54) is 0 Å². The summed E-state index contributed by atoms with van der Waals surface area (Å²) in [6, 6.07) is 14.1. The van der Waals surface area contributed by atoms with Crippen molar-refractivity contribution in [3.63, 3.8) is 0 Å². The van der Waals surface area contributed by atoms with Crippen molar-refractivity contribution in [1.82, 2.24) is 15.5 Å². The van der Waals surface area contributed by atoms with Crippen LogP contribution in [0.3, 0.4) is 0 Å². The number of aliphatic hydroxyl groups is 1. The summed E-state index contributed by atoms with van der Waals surface area (Å²) >= 11 is 0. The van der Waals surface area contributed by atoms with Crippen LogP contribution in [0.2, 0.25) is 0 Å². The smallest absolute Gasteiger partial charge is 0.319 e. The lowest BCUT2D eigenvalue weighted by Crippen LogP contribution is -2.47. The fourth-order valence-corrected chi connectivity index (χ4v) is 3.60. The van der Waals surface area contributed by atoms with Crippen molar-refractivity contribution < 1.29 is 23.9 Å². The molecule has 4 rings (SSSR count). The van der Waals surface area contributed by atoms with Crippen molar-refractivity contribution in [3.8, 4) is 17.2 Å². The third-order valence-electron chi connectivity index (χ3n) is 5.31. The van der Waals surface area contributed by atoms with Crippen LogP contribution in [0.4, 0.5) is 10.5 Å². The number of aliphatic hydroxyl groups excluding tert-OH is 1. The molecule has 3 atom stereocenters. The maximum absolute atomic E-state index is 12.2. The topological polar surface area (TPSA) is 119 Å². The number of benzene rings is 1. The van der Waals surface area contributed by atoms with Gasteiger partial charge in [-0.1, -0.05) is 11.2 Å². The SMILES string of the molecule is COc1ccc(NC(=O)NC[C@H]2O[C@H](Cc3cc(-c4ccccn4)on3)CC[C@@H]2O)cc1. The van der Waals surface area contributed by atoms with Crippen molar-refractivity contribution in [2.45, 2.75) is 37.6 Å².